The summed E-state index contributed by atoms with van der Waals surface area (Å²) in [4.78, 5) is 12.2. The summed E-state index contributed by atoms with van der Waals surface area (Å²) in [7, 11) is 1.38. The van der Waals surface area contributed by atoms with Gasteiger partial charge in [-0.05, 0) is 48.0 Å². The molecule has 0 unspecified atom stereocenters. The molecule has 3 rings (SSSR count). The average Bonchev–Trinajstić information content (AvgIpc) is 2.70. The topological polar surface area (TPSA) is 59.9 Å². The van der Waals surface area contributed by atoms with Gasteiger partial charge in [0, 0.05) is 6.07 Å². The molecule has 0 saturated heterocycles. The molecular formula is C21H15F3N2O3. The molecule has 0 aliphatic rings. The van der Waals surface area contributed by atoms with Crippen molar-refractivity contribution in [1.82, 2.24) is 0 Å². The van der Waals surface area contributed by atoms with Crippen LogP contribution in [0.15, 0.2) is 65.8 Å². The van der Waals surface area contributed by atoms with E-state index >= 15 is 0 Å². The molecule has 0 amide bonds. The normalized spacial score (nSPS) is 10.8. The van der Waals surface area contributed by atoms with E-state index < -0.39 is 23.4 Å². The summed E-state index contributed by atoms with van der Waals surface area (Å²) >= 11 is 0. The zero-order valence-electron chi connectivity index (χ0n) is 15.2. The number of nitrogens with one attached hydrogen (secondary N) is 1. The minimum atomic E-state index is -0.865. The van der Waals surface area contributed by atoms with Gasteiger partial charge in [-0.2, -0.15) is 5.10 Å². The molecule has 0 aromatic heterocycles. The summed E-state index contributed by atoms with van der Waals surface area (Å²) in [6.45, 7) is 0. The van der Waals surface area contributed by atoms with Crippen LogP contribution in [-0.2, 0) is 0 Å². The Labute approximate surface area is 164 Å². The first-order valence-electron chi connectivity index (χ1n) is 8.37. The van der Waals surface area contributed by atoms with Crippen molar-refractivity contribution in [3.63, 3.8) is 0 Å². The lowest BCUT2D eigenvalue weighted by atomic mass is 10.2. The maximum Gasteiger partial charge on any atom is 0.346 e. The van der Waals surface area contributed by atoms with E-state index in [9.17, 15) is 18.0 Å². The molecule has 0 aliphatic heterocycles. The zero-order valence-corrected chi connectivity index (χ0v) is 15.2. The van der Waals surface area contributed by atoms with Crippen LogP contribution in [0.2, 0.25) is 0 Å². The van der Waals surface area contributed by atoms with E-state index in [4.69, 9.17) is 9.47 Å². The second-order valence-corrected chi connectivity index (χ2v) is 5.77. The molecule has 0 aliphatic carbocycles. The van der Waals surface area contributed by atoms with Crippen LogP contribution in [-0.4, -0.2) is 19.3 Å². The minimum Gasteiger partial charge on any atom is -0.493 e. The summed E-state index contributed by atoms with van der Waals surface area (Å²) < 4.78 is 50.6. The van der Waals surface area contributed by atoms with E-state index in [2.05, 4.69) is 10.5 Å². The van der Waals surface area contributed by atoms with Crippen molar-refractivity contribution >= 4 is 17.9 Å². The number of hydrazone groups is 1. The number of hydrogen-bond donors (Lipinski definition) is 1. The van der Waals surface area contributed by atoms with E-state index in [0.717, 1.165) is 18.2 Å². The van der Waals surface area contributed by atoms with Gasteiger partial charge in [0.15, 0.2) is 17.3 Å². The smallest absolute Gasteiger partial charge is 0.346 e. The molecule has 0 heterocycles. The van der Waals surface area contributed by atoms with Gasteiger partial charge >= 0.3 is 5.97 Å². The van der Waals surface area contributed by atoms with E-state index in [-0.39, 0.29) is 22.7 Å². The van der Waals surface area contributed by atoms with Gasteiger partial charge in [-0.15, -0.1) is 0 Å². The van der Waals surface area contributed by atoms with Crippen LogP contribution in [0.3, 0.4) is 0 Å². The second-order valence-electron chi connectivity index (χ2n) is 5.77. The highest BCUT2D eigenvalue weighted by Crippen LogP contribution is 2.28. The third kappa shape index (κ3) is 4.92. The number of halogens is 3. The predicted molar refractivity (Wildman–Crippen MR) is 102 cm³/mol. The first kappa shape index (κ1) is 19.9. The summed E-state index contributed by atoms with van der Waals surface area (Å²) in [5.41, 5.74) is 2.81. The number of nitrogens with zero attached hydrogens (tertiary/aromatic N) is 1. The van der Waals surface area contributed by atoms with E-state index in [1.807, 2.05) is 0 Å². The lowest BCUT2D eigenvalue weighted by molar-refractivity contribution is 0.0725. The third-order valence-electron chi connectivity index (χ3n) is 3.81. The van der Waals surface area contributed by atoms with Gasteiger partial charge in [0.2, 0.25) is 0 Å². The van der Waals surface area contributed by atoms with Crippen LogP contribution in [0.25, 0.3) is 0 Å². The number of carbonyl (C=O) groups is 1. The second kappa shape index (κ2) is 8.92. The maximum absolute atomic E-state index is 13.7. The Bertz CT molecular complexity index is 1070. The monoisotopic (exact) mass is 400 g/mol. The van der Waals surface area contributed by atoms with Gasteiger partial charge in [-0.1, -0.05) is 12.1 Å². The van der Waals surface area contributed by atoms with E-state index in [1.165, 1.54) is 49.7 Å². The van der Waals surface area contributed by atoms with Crippen LogP contribution in [0.1, 0.15) is 15.9 Å². The molecule has 0 bridgehead atoms. The number of methoxy groups -OCH3 is 1. The number of hydrogen-bond acceptors (Lipinski definition) is 5. The van der Waals surface area contributed by atoms with Crippen molar-refractivity contribution in [3.05, 3.63) is 89.2 Å². The molecule has 148 valence electrons. The summed E-state index contributed by atoms with van der Waals surface area (Å²) in [6.07, 6.45) is 1.37. The fourth-order valence-corrected chi connectivity index (χ4v) is 2.39. The van der Waals surface area contributed by atoms with Gasteiger partial charge in [-0.3, -0.25) is 5.43 Å². The third-order valence-corrected chi connectivity index (χ3v) is 3.81. The summed E-state index contributed by atoms with van der Waals surface area (Å²) in [5.74, 6) is -2.73. The first-order chi connectivity index (χ1) is 14.0. The molecule has 0 saturated carbocycles. The molecule has 3 aromatic carbocycles. The SMILES string of the molecule is COc1cc(/C=N\Nc2ccc(F)cc2F)ccc1OC(=O)c1ccccc1F. The Kier molecular flexibility index (Phi) is 6.13. The quantitative estimate of drug-likeness (QED) is 0.280. The van der Waals surface area contributed by atoms with Crippen LogP contribution in [0, 0.1) is 17.5 Å². The van der Waals surface area contributed by atoms with Gasteiger partial charge in [0.05, 0.1) is 24.6 Å². The Hall–Kier alpha value is -3.81. The molecule has 0 fully saturated rings. The van der Waals surface area contributed by atoms with Crippen molar-refractivity contribution in [2.45, 2.75) is 0 Å². The molecule has 8 heteroatoms. The molecule has 29 heavy (non-hydrogen) atoms. The van der Waals surface area contributed by atoms with Gasteiger partial charge < -0.3 is 9.47 Å². The van der Waals surface area contributed by atoms with Crippen LogP contribution >= 0.6 is 0 Å². The number of anilines is 1. The minimum absolute atomic E-state index is 0.00468. The lowest BCUT2D eigenvalue weighted by Gasteiger charge is -2.10. The van der Waals surface area contributed by atoms with Crippen LogP contribution in [0.5, 0.6) is 11.5 Å². The van der Waals surface area contributed by atoms with Crippen molar-refractivity contribution in [2.75, 3.05) is 12.5 Å². The van der Waals surface area contributed by atoms with Crippen LogP contribution < -0.4 is 14.9 Å². The zero-order chi connectivity index (χ0) is 20.8. The largest absolute Gasteiger partial charge is 0.493 e. The molecule has 3 aromatic rings. The highest BCUT2D eigenvalue weighted by molar-refractivity contribution is 5.92. The fraction of sp³-hybridized carbons (Fsp3) is 0.0476. The first-order valence-corrected chi connectivity index (χ1v) is 8.37. The molecule has 5 nitrogen and oxygen atoms in total. The Balaban J connectivity index is 1.73. The predicted octanol–water partition coefficient (Wildman–Crippen LogP) is 4.78. The molecule has 0 spiro atoms. The number of ether oxygens (including phenoxy) is 2. The molecule has 0 radical (unpaired) electrons. The highest BCUT2D eigenvalue weighted by atomic mass is 19.1. The number of esters is 1. The number of rotatable bonds is 6. The Morgan fingerprint density at radius 1 is 0.966 bits per heavy atom. The number of carbonyl (C=O) groups excluding carboxylic acids is 1. The Morgan fingerprint density at radius 3 is 2.48 bits per heavy atom. The molecular weight excluding hydrogens is 385 g/mol. The van der Waals surface area contributed by atoms with Gasteiger partial charge in [0.25, 0.3) is 0 Å². The summed E-state index contributed by atoms with van der Waals surface area (Å²) in [6, 6.07) is 13.1. The average molecular weight is 400 g/mol. The molecule has 0 atom stereocenters. The van der Waals surface area contributed by atoms with Crippen LogP contribution in [0.4, 0.5) is 18.9 Å². The number of benzene rings is 3. The van der Waals surface area contributed by atoms with Crippen molar-refractivity contribution in [2.24, 2.45) is 5.10 Å². The maximum atomic E-state index is 13.7. The lowest BCUT2D eigenvalue weighted by Crippen LogP contribution is -2.11. The van der Waals surface area contributed by atoms with Gasteiger partial charge in [-0.25, -0.2) is 18.0 Å². The van der Waals surface area contributed by atoms with E-state index in [0.29, 0.717) is 5.56 Å². The molecule has 1 N–H and O–H groups in total. The van der Waals surface area contributed by atoms with Crippen molar-refractivity contribution in [3.8, 4) is 11.5 Å². The standard InChI is InChI=1S/C21H15F3N2O3/c1-28-20-10-13(12-25-26-18-8-7-14(22)11-17(18)24)6-9-19(20)29-21(27)15-4-2-3-5-16(15)23/h2-12,26H,1H3/b25-12-. The Morgan fingerprint density at radius 2 is 1.76 bits per heavy atom. The summed E-state index contributed by atoms with van der Waals surface area (Å²) in [5, 5.41) is 3.88. The highest BCUT2D eigenvalue weighted by Gasteiger charge is 2.16. The fourth-order valence-electron chi connectivity index (χ4n) is 2.39. The van der Waals surface area contributed by atoms with E-state index in [1.54, 1.807) is 6.07 Å². The van der Waals surface area contributed by atoms with Crippen molar-refractivity contribution < 1.29 is 27.4 Å². The van der Waals surface area contributed by atoms with Gasteiger partial charge in [0.1, 0.15) is 11.6 Å². The van der Waals surface area contributed by atoms with Crippen molar-refractivity contribution in [1.29, 1.82) is 0 Å².